The maximum absolute atomic E-state index is 12.2. The molecule has 2 aliphatic rings. The molecule has 0 bridgehead atoms. The van der Waals surface area contributed by atoms with Crippen LogP contribution in [0.4, 0.5) is 0 Å². The van der Waals surface area contributed by atoms with Gasteiger partial charge >= 0.3 is 0 Å². The highest BCUT2D eigenvalue weighted by atomic mass is 16.2. The summed E-state index contributed by atoms with van der Waals surface area (Å²) in [6, 6.07) is 4.18. The first-order chi connectivity index (χ1) is 11.6. The lowest BCUT2D eigenvalue weighted by molar-refractivity contribution is -0.130. The van der Waals surface area contributed by atoms with E-state index in [1.807, 2.05) is 23.2 Å². The highest BCUT2D eigenvalue weighted by Crippen LogP contribution is 2.22. The van der Waals surface area contributed by atoms with Gasteiger partial charge in [0.15, 0.2) is 0 Å². The Labute approximate surface area is 143 Å². The molecule has 1 aliphatic heterocycles. The molecule has 1 N–H and O–H groups in total. The molecular formula is C19H27N3O2. The number of piperidine rings is 1. The van der Waals surface area contributed by atoms with E-state index in [9.17, 15) is 9.59 Å². The van der Waals surface area contributed by atoms with Crippen molar-refractivity contribution in [3.63, 3.8) is 0 Å². The second-order valence-electron chi connectivity index (χ2n) is 7.16. The van der Waals surface area contributed by atoms with Crippen LogP contribution in [-0.2, 0) is 11.2 Å². The third-order valence-electron chi connectivity index (χ3n) is 5.33. The van der Waals surface area contributed by atoms with Gasteiger partial charge in [-0.05, 0) is 49.7 Å². The summed E-state index contributed by atoms with van der Waals surface area (Å²) < 4.78 is 0. The highest BCUT2D eigenvalue weighted by Gasteiger charge is 2.21. The predicted octanol–water partition coefficient (Wildman–Crippen LogP) is 2.56. The second kappa shape index (κ2) is 7.77. The number of nitrogens with zero attached hydrogens (tertiary/aromatic N) is 2. The lowest BCUT2D eigenvalue weighted by Crippen LogP contribution is -2.37. The number of carbonyl (C=O) groups is 2. The van der Waals surface area contributed by atoms with Crippen LogP contribution in [0.15, 0.2) is 18.3 Å². The van der Waals surface area contributed by atoms with Gasteiger partial charge in [0.25, 0.3) is 5.91 Å². The van der Waals surface area contributed by atoms with Gasteiger partial charge in [0.05, 0.1) is 0 Å². The number of likely N-dealkylation sites (tertiary alicyclic amines) is 1. The molecule has 3 rings (SSSR count). The molecule has 2 fully saturated rings. The molecule has 130 valence electrons. The van der Waals surface area contributed by atoms with E-state index in [2.05, 4.69) is 10.3 Å². The first-order valence-corrected chi connectivity index (χ1v) is 9.13. The average Bonchev–Trinajstić information content (AvgIpc) is 3.09. The van der Waals surface area contributed by atoms with Crippen LogP contribution in [0, 0.1) is 5.92 Å². The largest absolute Gasteiger partial charge is 0.348 e. The molecule has 1 aromatic heterocycles. The number of aromatic nitrogens is 1. The van der Waals surface area contributed by atoms with Crippen LogP contribution in [0.2, 0.25) is 0 Å². The summed E-state index contributed by atoms with van der Waals surface area (Å²) in [6.45, 7) is 3.35. The number of amides is 2. The molecule has 0 spiro atoms. The van der Waals surface area contributed by atoms with Crippen molar-refractivity contribution < 1.29 is 9.59 Å². The normalized spacial score (nSPS) is 19.5. The summed E-state index contributed by atoms with van der Waals surface area (Å²) in [5.74, 6) is 0.719. The van der Waals surface area contributed by atoms with Crippen LogP contribution in [-0.4, -0.2) is 40.8 Å². The summed E-state index contributed by atoms with van der Waals surface area (Å²) in [5, 5.41) is 3.07. The molecule has 1 saturated carbocycles. The summed E-state index contributed by atoms with van der Waals surface area (Å²) >= 11 is 0. The zero-order valence-corrected chi connectivity index (χ0v) is 14.5. The van der Waals surface area contributed by atoms with Crippen LogP contribution in [0.1, 0.15) is 61.5 Å². The van der Waals surface area contributed by atoms with Gasteiger partial charge < -0.3 is 10.2 Å². The van der Waals surface area contributed by atoms with Crippen LogP contribution in [0.5, 0.6) is 0 Å². The minimum atomic E-state index is -0.0526. The lowest BCUT2D eigenvalue weighted by atomic mass is 9.90. The molecule has 1 aliphatic carbocycles. The molecular weight excluding hydrogens is 302 g/mol. The van der Waals surface area contributed by atoms with Gasteiger partial charge in [0.1, 0.15) is 5.69 Å². The van der Waals surface area contributed by atoms with Crippen molar-refractivity contribution in [2.75, 3.05) is 13.1 Å². The number of nitrogens with one attached hydrogen (secondary N) is 1. The van der Waals surface area contributed by atoms with Gasteiger partial charge in [0, 0.05) is 32.3 Å². The standard InChI is InChI=1S/C19H27N3O2/c1-14(23)22-10-8-15(9-11-22)12-16-6-7-18(20-13-16)19(24)21-17-4-2-3-5-17/h6-7,13,15,17H,2-5,8-12H2,1H3,(H,21,24). The van der Waals surface area contributed by atoms with Crippen molar-refractivity contribution in [1.29, 1.82) is 0 Å². The van der Waals surface area contributed by atoms with Gasteiger partial charge in [-0.2, -0.15) is 0 Å². The summed E-state index contributed by atoms with van der Waals surface area (Å²) in [6.07, 6.45) is 9.49. The van der Waals surface area contributed by atoms with E-state index < -0.39 is 0 Å². The predicted molar refractivity (Wildman–Crippen MR) is 92.6 cm³/mol. The van der Waals surface area contributed by atoms with Crippen molar-refractivity contribution in [2.45, 2.75) is 57.9 Å². The first-order valence-electron chi connectivity index (χ1n) is 9.13. The maximum Gasteiger partial charge on any atom is 0.270 e. The van der Waals surface area contributed by atoms with Crippen LogP contribution in [0.3, 0.4) is 0 Å². The lowest BCUT2D eigenvalue weighted by Gasteiger charge is -2.31. The number of carbonyl (C=O) groups excluding carboxylic acids is 2. The molecule has 2 heterocycles. The number of pyridine rings is 1. The Kier molecular flexibility index (Phi) is 5.48. The van der Waals surface area contributed by atoms with E-state index in [0.717, 1.165) is 45.2 Å². The van der Waals surface area contributed by atoms with Gasteiger partial charge in [-0.25, -0.2) is 0 Å². The van der Waals surface area contributed by atoms with Crippen molar-refractivity contribution in [1.82, 2.24) is 15.2 Å². The fraction of sp³-hybridized carbons (Fsp3) is 0.632. The third-order valence-corrected chi connectivity index (χ3v) is 5.33. The number of rotatable bonds is 4. The molecule has 24 heavy (non-hydrogen) atoms. The molecule has 1 aromatic rings. The van der Waals surface area contributed by atoms with Crippen molar-refractivity contribution in [3.05, 3.63) is 29.6 Å². The van der Waals surface area contributed by atoms with Gasteiger partial charge in [0.2, 0.25) is 5.91 Å². The number of hydrogen-bond donors (Lipinski definition) is 1. The fourth-order valence-corrected chi connectivity index (χ4v) is 3.79. The van der Waals surface area contributed by atoms with Gasteiger partial charge in [-0.3, -0.25) is 14.6 Å². The quantitative estimate of drug-likeness (QED) is 0.923. The Bertz CT molecular complexity index is 571. The van der Waals surface area contributed by atoms with Crippen molar-refractivity contribution in [2.24, 2.45) is 5.92 Å². The zero-order valence-electron chi connectivity index (χ0n) is 14.5. The molecule has 1 saturated heterocycles. The van der Waals surface area contributed by atoms with E-state index in [1.54, 1.807) is 6.92 Å². The molecule has 0 unspecified atom stereocenters. The van der Waals surface area contributed by atoms with E-state index >= 15 is 0 Å². The topological polar surface area (TPSA) is 62.3 Å². The molecule has 5 nitrogen and oxygen atoms in total. The van der Waals surface area contributed by atoms with Crippen molar-refractivity contribution in [3.8, 4) is 0 Å². The van der Waals surface area contributed by atoms with E-state index in [4.69, 9.17) is 0 Å². The Morgan fingerprint density at radius 3 is 2.46 bits per heavy atom. The molecule has 2 amide bonds. The second-order valence-corrected chi connectivity index (χ2v) is 7.16. The Hall–Kier alpha value is -1.91. The fourth-order valence-electron chi connectivity index (χ4n) is 3.79. The molecule has 0 aromatic carbocycles. The number of hydrogen-bond acceptors (Lipinski definition) is 3. The summed E-state index contributed by atoms with van der Waals surface area (Å²) in [7, 11) is 0. The Morgan fingerprint density at radius 1 is 1.17 bits per heavy atom. The van der Waals surface area contributed by atoms with Crippen LogP contribution < -0.4 is 5.32 Å². The van der Waals surface area contributed by atoms with E-state index in [1.165, 1.54) is 18.4 Å². The molecule has 5 heteroatoms. The van der Waals surface area contributed by atoms with Gasteiger partial charge in [-0.15, -0.1) is 0 Å². The summed E-state index contributed by atoms with van der Waals surface area (Å²) in [5.41, 5.74) is 1.69. The van der Waals surface area contributed by atoms with E-state index in [0.29, 0.717) is 17.7 Å². The molecule has 0 radical (unpaired) electrons. The summed E-state index contributed by atoms with van der Waals surface area (Å²) in [4.78, 5) is 29.8. The van der Waals surface area contributed by atoms with Crippen molar-refractivity contribution >= 4 is 11.8 Å². The monoisotopic (exact) mass is 329 g/mol. The van der Waals surface area contributed by atoms with Gasteiger partial charge in [-0.1, -0.05) is 18.9 Å². The van der Waals surface area contributed by atoms with Crippen LogP contribution in [0.25, 0.3) is 0 Å². The molecule has 0 atom stereocenters. The minimum absolute atomic E-state index is 0.0526. The van der Waals surface area contributed by atoms with E-state index in [-0.39, 0.29) is 11.8 Å². The Morgan fingerprint density at radius 2 is 1.88 bits per heavy atom. The average molecular weight is 329 g/mol. The Balaban J connectivity index is 1.49. The maximum atomic E-state index is 12.2. The first kappa shape index (κ1) is 16.9. The minimum Gasteiger partial charge on any atom is -0.348 e. The zero-order chi connectivity index (χ0) is 16.9. The highest BCUT2D eigenvalue weighted by molar-refractivity contribution is 5.92. The van der Waals surface area contributed by atoms with Crippen LogP contribution >= 0.6 is 0 Å². The SMILES string of the molecule is CC(=O)N1CCC(Cc2ccc(C(=O)NC3CCCC3)nc2)CC1. The smallest absolute Gasteiger partial charge is 0.270 e. The third kappa shape index (κ3) is 4.34.